The monoisotopic (exact) mass is 289 g/mol. The van der Waals surface area contributed by atoms with E-state index in [2.05, 4.69) is 59.9 Å². The summed E-state index contributed by atoms with van der Waals surface area (Å²) in [7, 11) is 2.01. The predicted octanol–water partition coefficient (Wildman–Crippen LogP) is 4.58. The molecule has 0 bridgehead atoms. The summed E-state index contributed by atoms with van der Waals surface area (Å²) in [4.78, 5) is 10.6. The molecule has 3 nitrogen and oxygen atoms in total. The maximum Gasteiger partial charge on any atom is 0.141 e. The first-order valence-electron chi connectivity index (χ1n) is 6.87. The Morgan fingerprint density at radius 1 is 1.15 bits per heavy atom. The second-order valence-electron chi connectivity index (χ2n) is 5.14. The maximum absolute atomic E-state index is 6.23. The molecule has 20 heavy (non-hydrogen) atoms. The molecule has 0 spiro atoms. The number of hydrogen-bond donors (Lipinski definition) is 0. The lowest BCUT2D eigenvalue weighted by Gasteiger charge is -2.23. The van der Waals surface area contributed by atoms with Gasteiger partial charge in [-0.1, -0.05) is 44.5 Å². The molecule has 0 saturated heterocycles. The van der Waals surface area contributed by atoms with Crippen molar-refractivity contribution < 1.29 is 0 Å². The zero-order valence-electron chi connectivity index (χ0n) is 12.4. The van der Waals surface area contributed by atoms with E-state index in [0.717, 1.165) is 23.5 Å². The molecule has 2 rings (SSSR count). The summed E-state index contributed by atoms with van der Waals surface area (Å²) in [6.45, 7) is 6.35. The molecular weight excluding hydrogens is 270 g/mol. The van der Waals surface area contributed by atoms with Gasteiger partial charge >= 0.3 is 0 Å². The van der Waals surface area contributed by atoms with Crippen molar-refractivity contribution >= 4 is 23.1 Å². The van der Waals surface area contributed by atoms with Gasteiger partial charge in [-0.15, -0.1) is 0 Å². The summed E-state index contributed by atoms with van der Waals surface area (Å²) < 4.78 is 0. The number of benzene rings is 1. The normalized spacial score (nSPS) is 10.9. The molecule has 2 aromatic rings. The van der Waals surface area contributed by atoms with Crippen LogP contribution in [0.4, 0.5) is 11.5 Å². The Kier molecular flexibility index (Phi) is 4.61. The van der Waals surface area contributed by atoms with Crippen molar-refractivity contribution in [3.8, 4) is 0 Å². The van der Waals surface area contributed by atoms with E-state index in [1.54, 1.807) is 0 Å². The van der Waals surface area contributed by atoms with Gasteiger partial charge in [-0.2, -0.15) is 0 Å². The Balaban J connectivity index is 2.42. The van der Waals surface area contributed by atoms with Crippen LogP contribution in [0.25, 0.3) is 0 Å². The third-order valence-electron chi connectivity index (χ3n) is 3.44. The van der Waals surface area contributed by atoms with Crippen molar-refractivity contribution in [2.24, 2.45) is 0 Å². The van der Waals surface area contributed by atoms with Crippen molar-refractivity contribution in [1.82, 2.24) is 9.97 Å². The molecule has 1 aromatic heterocycles. The van der Waals surface area contributed by atoms with Crippen LogP contribution in [0, 0.1) is 0 Å². The lowest BCUT2D eigenvalue weighted by atomic mass is 10.1. The molecule has 1 aromatic carbocycles. The van der Waals surface area contributed by atoms with Crippen molar-refractivity contribution in [3.63, 3.8) is 0 Å². The highest BCUT2D eigenvalue weighted by Gasteiger charge is 2.17. The molecule has 0 atom stereocenters. The summed E-state index contributed by atoms with van der Waals surface area (Å²) in [5.41, 5.74) is 3.40. The Morgan fingerprint density at radius 3 is 2.35 bits per heavy atom. The SMILES string of the molecule is CCc1ccc(N(C)c2ncnc(Cl)c2C(C)C)cc1. The smallest absolute Gasteiger partial charge is 0.141 e. The number of aryl methyl sites for hydroxylation is 1. The Labute approximate surface area is 125 Å². The molecule has 0 fully saturated rings. The molecule has 0 N–H and O–H groups in total. The van der Waals surface area contributed by atoms with Gasteiger partial charge < -0.3 is 4.90 Å². The third kappa shape index (κ3) is 2.93. The minimum absolute atomic E-state index is 0.274. The summed E-state index contributed by atoms with van der Waals surface area (Å²) in [5, 5.41) is 0.530. The van der Waals surface area contributed by atoms with E-state index < -0.39 is 0 Å². The molecule has 0 aliphatic carbocycles. The van der Waals surface area contributed by atoms with Crippen molar-refractivity contribution in [2.75, 3.05) is 11.9 Å². The average molecular weight is 290 g/mol. The lowest BCUT2D eigenvalue weighted by Crippen LogP contribution is -2.15. The second kappa shape index (κ2) is 6.23. The van der Waals surface area contributed by atoms with E-state index in [9.17, 15) is 0 Å². The van der Waals surface area contributed by atoms with Crippen LogP contribution in [-0.2, 0) is 6.42 Å². The highest BCUT2D eigenvalue weighted by Crippen LogP contribution is 2.33. The van der Waals surface area contributed by atoms with Gasteiger partial charge in [0.05, 0.1) is 0 Å². The highest BCUT2D eigenvalue weighted by atomic mass is 35.5. The van der Waals surface area contributed by atoms with Crippen LogP contribution in [0.3, 0.4) is 0 Å². The molecule has 0 saturated carbocycles. The minimum atomic E-state index is 0.274. The van der Waals surface area contributed by atoms with Crippen LogP contribution in [0.15, 0.2) is 30.6 Å². The number of rotatable bonds is 4. The van der Waals surface area contributed by atoms with Gasteiger partial charge in [-0.25, -0.2) is 9.97 Å². The number of nitrogens with zero attached hydrogens (tertiary/aromatic N) is 3. The Hall–Kier alpha value is -1.61. The molecule has 0 radical (unpaired) electrons. The van der Waals surface area contributed by atoms with Crippen LogP contribution in [0.5, 0.6) is 0 Å². The fourth-order valence-electron chi connectivity index (χ4n) is 2.21. The zero-order valence-corrected chi connectivity index (χ0v) is 13.1. The van der Waals surface area contributed by atoms with Gasteiger partial charge in [0, 0.05) is 18.3 Å². The fraction of sp³-hybridized carbons (Fsp3) is 0.375. The van der Waals surface area contributed by atoms with Gasteiger partial charge in [-0.3, -0.25) is 0 Å². The van der Waals surface area contributed by atoms with E-state index >= 15 is 0 Å². The van der Waals surface area contributed by atoms with Gasteiger partial charge in [0.1, 0.15) is 17.3 Å². The predicted molar refractivity (Wildman–Crippen MR) is 85.0 cm³/mol. The molecule has 1 heterocycles. The first kappa shape index (κ1) is 14.8. The fourth-order valence-corrected chi connectivity index (χ4v) is 2.55. The molecular formula is C16H20ClN3. The standard InChI is InChI=1S/C16H20ClN3/c1-5-12-6-8-13(9-7-12)20(4)16-14(11(2)3)15(17)18-10-19-16/h6-11H,5H2,1-4H3. The van der Waals surface area contributed by atoms with Gasteiger partial charge in [0.25, 0.3) is 0 Å². The molecule has 0 amide bonds. The molecule has 106 valence electrons. The molecule has 0 aliphatic rings. The van der Waals surface area contributed by atoms with Crippen LogP contribution < -0.4 is 4.90 Å². The van der Waals surface area contributed by atoms with E-state index in [1.807, 2.05) is 7.05 Å². The number of anilines is 2. The van der Waals surface area contributed by atoms with E-state index in [4.69, 9.17) is 11.6 Å². The first-order chi connectivity index (χ1) is 9.54. The number of halogens is 1. The summed E-state index contributed by atoms with van der Waals surface area (Å²) in [6, 6.07) is 8.51. The quantitative estimate of drug-likeness (QED) is 0.771. The van der Waals surface area contributed by atoms with Gasteiger partial charge in [0.15, 0.2) is 0 Å². The average Bonchev–Trinajstić information content (AvgIpc) is 2.46. The topological polar surface area (TPSA) is 29.0 Å². The summed E-state index contributed by atoms with van der Waals surface area (Å²) >= 11 is 6.23. The Bertz CT molecular complexity index is 579. The van der Waals surface area contributed by atoms with E-state index in [0.29, 0.717) is 5.15 Å². The van der Waals surface area contributed by atoms with E-state index in [1.165, 1.54) is 11.9 Å². The lowest BCUT2D eigenvalue weighted by molar-refractivity contribution is 0.839. The van der Waals surface area contributed by atoms with Crippen LogP contribution in [-0.4, -0.2) is 17.0 Å². The first-order valence-corrected chi connectivity index (χ1v) is 7.25. The van der Waals surface area contributed by atoms with Crippen molar-refractivity contribution in [1.29, 1.82) is 0 Å². The minimum Gasteiger partial charge on any atom is -0.329 e. The molecule has 4 heteroatoms. The van der Waals surface area contributed by atoms with Gasteiger partial charge in [0.2, 0.25) is 0 Å². The summed E-state index contributed by atoms with van der Waals surface area (Å²) in [6.07, 6.45) is 2.56. The Morgan fingerprint density at radius 2 is 1.80 bits per heavy atom. The molecule has 0 unspecified atom stereocenters. The number of hydrogen-bond acceptors (Lipinski definition) is 3. The third-order valence-corrected chi connectivity index (χ3v) is 3.74. The van der Waals surface area contributed by atoms with Crippen LogP contribution >= 0.6 is 11.6 Å². The second-order valence-corrected chi connectivity index (χ2v) is 5.49. The number of aromatic nitrogens is 2. The highest BCUT2D eigenvalue weighted by molar-refractivity contribution is 6.30. The maximum atomic E-state index is 6.23. The largest absolute Gasteiger partial charge is 0.329 e. The summed E-state index contributed by atoms with van der Waals surface area (Å²) in [5.74, 6) is 1.14. The van der Waals surface area contributed by atoms with Crippen molar-refractivity contribution in [2.45, 2.75) is 33.1 Å². The van der Waals surface area contributed by atoms with Crippen molar-refractivity contribution in [3.05, 3.63) is 46.9 Å². The van der Waals surface area contributed by atoms with E-state index in [-0.39, 0.29) is 5.92 Å². The molecule has 0 aliphatic heterocycles. The zero-order chi connectivity index (χ0) is 14.7. The van der Waals surface area contributed by atoms with Crippen LogP contribution in [0.2, 0.25) is 5.15 Å². The van der Waals surface area contributed by atoms with Crippen LogP contribution in [0.1, 0.15) is 37.8 Å². The van der Waals surface area contributed by atoms with Gasteiger partial charge in [-0.05, 0) is 30.0 Å².